The molecule has 8 nitrogen and oxygen atoms in total. The average molecular weight is 368 g/mol. The van der Waals surface area contributed by atoms with Gasteiger partial charge in [-0.05, 0) is 13.0 Å². The minimum atomic E-state index is -0.834. The second-order valence-electron chi connectivity index (χ2n) is 6.02. The molecule has 136 valence electrons. The van der Waals surface area contributed by atoms with E-state index < -0.39 is 11.6 Å². The molecular formula is C16H20N2O6S. The number of rotatable bonds is 6. The van der Waals surface area contributed by atoms with E-state index in [0.29, 0.717) is 16.3 Å². The minimum absolute atomic E-state index is 0.0822. The number of ketones is 1. The van der Waals surface area contributed by atoms with Crippen LogP contribution >= 0.6 is 11.3 Å². The summed E-state index contributed by atoms with van der Waals surface area (Å²) in [5.74, 6) is 0.368. The first-order valence-corrected chi connectivity index (χ1v) is 8.37. The fraction of sp³-hybridized carbons (Fsp3) is 0.438. The molecule has 0 atom stereocenters. The van der Waals surface area contributed by atoms with Gasteiger partial charge in [-0.2, -0.15) is 0 Å². The maximum absolute atomic E-state index is 12.6. The molecule has 2 heterocycles. The molecule has 0 unspecified atom stereocenters. The van der Waals surface area contributed by atoms with E-state index in [0.717, 1.165) is 11.3 Å². The summed E-state index contributed by atoms with van der Waals surface area (Å²) in [7, 11) is 0. The van der Waals surface area contributed by atoms with Crippen molar-refractivity contribution in [1.29, 1.82) is 0 Å². The lowest BCUT2D eigenvalue weighted by Gasteiger charge is -2.15. The Balaban J connectivity index is 2.12. The SMILES string of the molecule is CCOC(=O)OCOc1ccc(-c2nc(N)sc2C(=O)C(C)(C)C)o1. The molecule has 2 aromatic rings. The van der Waals surface area contributed by atoms with Gasteiger partial charge in [0.05, 0.1) is 6.61 Å². The molecule has 0 aromatic carbocycles. The van der Waals surface area contributed by atoms with E-state index in [1.54, 1.807) is 13.0 Å². The average Bonchev–Trinajstić information content (AvgIpc) is 3.12. The summed E-state index contributed by atoms with van der Waals surface area (Å²) in [4.78, 5) is 28.2. The van der Waals surface area contributed by atoms with Crippen molar-refractivity contribution < 1.29 is 28.2 Å². The number of anilines is 1. The molecule has 9 heteroatoms. The third-order valence-electron chi connectivity index (χ3n) is 2.99. The quantitative estimate of drug-likeness (QED) is 0.466. The molecule has 0 aliphatic rings. The lowest BCUT2D eigenvalue weighted by Crippen LogP contribution is -2.19. The molecule has 2 rings (SSSR count). The number of nitrogen functional groups attached to an aromatic ring is 1. The number of carbonyl (C=O) groups is 2. The summed E-state index contributed by atoms with van der Waals surface area (Å²) >= 11 is 1.11. The molecule has 0 radical (unpaired) electrons. The van der Waals surface area contributed by atoms with Gasteiger partial charge < -0.3 is 24.4 Å². The predicted molar refractivity (Wildman–Crippen MR) is 91.6 cm³/mol. The van der Waals surface area contributed by atoms with Crippen LogP contribution in [0.1, 0.15) is 37.4 Å². The van der Waals surface area contributed by atoms with E-state index in [1.807, 2.05) is 20.8 Å². The van der Waals surface area contributed by atoms with Gasteiger partial charge in [-0.25, -0.2) is 9.78 Å². The number of hydrogen-bond donors (Lipinski definition) is 1. The van der Waals surface area contributed by atoms with Crippen LogP contribution in [0.25, 0.3) is 11.5 Å². The zero-order chi connectivity index (χ0) is 18.6. The van der Waals surface area contributed by atoms with E-state index in [4.69, 9.17) is 14.9 Å². The lowest BCUT2D eigenvalue weighted by atomic mass is 9.89. The molecule has 0 aliphatic carbocycles. The summed E-state index contributed by atoms with van der Waals surface area (Å²) in [6.07, 6.45) is -0.834. The number of aromatic nitrogens is 1. The Bertz CT molecular complexity index is 759. The third-order valence-corrected chi connectivity index (χ3v) is 3.87. The molecule has 0 spiro atoms. The van der Waals surface area contributed by atoms with E-state index in [1.165, 1.54) is 6.07 Å². The van der Waals surface area contributed by atoms with Crippen LogP contribution in [-0.4, -0.2) is 30.3 Å². The summed E-state index contributed by atoms with van der Waals surface area (Å²) in [6, 6.07) is 3.14. The van der Waals surface area contributed by atoms with Crippen molar-refractivity contribution in [3.63, 3.8) is 0 Å². The zero-order valence-corrected chi connectivity index (χ0v) is 15.3. The van der Waals surface area contributed by atoms with Crippen molar-refractivity contribution in [2.75, 3.05) is 19.1 Å². The number of thiazole rings is 1. The number of nitrogens with zero attached hydrogens (tertiary/aromatic N) is 1. The topological polar surface area (TPSA) is 114 Å². The highest BCUT2D eigenvalue weighted by molar-refractivity contribution is 7.17. The van der Waals surface area contributed by atoms with Crippen LogP contribution in [0.2, 0.25) is 0 Å². The van der Waals surface area contributed by atoms with Crippen LogP contribution in [0.3, 0.4) is 0 Å². The van der Waals surface area contributed by atoms with Gasteiger partial charge >= 0.3 is 6.16 Å². The van der Waals surface area contributed by atoms with Crippen molar-refractivity contribution >= 4 is 28.4 Å². The van der Waals surface area contributed by atoms with Crippen LogP contribution in [0.15, 0.2) is 16.5 Å². The van der Waals surface area contributed by atoms with Crippen molar-refractivity contribution in [1.82, 2.24) is 4.98 Å². The summed E-state index contributed by atoms with van der Waals surface area (Å²) in [6.45, 7) is 6.96. The number of nitrogens with two attached hydrogens (primary N) is 1. The van der Waals surface area contributed by atoms with Gasteiger partial charge in [0, 0.05) is 11.5 Å². The first-order chi connectivity index (χ1) is 11.7. The molecule has 25 heavy (non-hydrogen) atoms. The van der Waals surface area contributed by atoms with Gasteiger partial charge in [-0.15, -0.1) is 0 Å². The highest BCUT2D eigenvalue weighted by Gasteiger charge is 2.29. The largest absolute Gasteiger partial charge is 0.511 e. The summed E-state index contributed by atoms with van der Waals surface area (Å²) in [5, 5.41) is 0.270. The Morgan fingerprint density at radius 1 is 1.28 bits per heavy atom. The van der Waals surface area contributed by atoms with Crippen LogP contribution < -0.4 is 10.5 Å². The Hall–Kier alpha value is -2.55. The van der Waals surface area contributed by atoms with Crippen molar-refractivity contribution in [3.8, 4) is 17.4 Å². The van der Waals surface area contributed by atoms with Gasteiger partial charge in [0.15, 0.2) is 16.7 Å². The number of ether oxygens (including phenoxy) is 3. The molecule has 0 saturated carbocycles. The van der Waals surface area contributed by atoms with Gasteiger partial charge in [-0.1, -0.05) is 32.1 Å². The molecule has 2 aromatic heterocycles. The Morgan fingerprint density at radius 3 is 2.64 bits per heavy atom. The van der Waals surface area contributed by atoms with Crippen molar-refractivity contribution in [2.24, 2.45) is 5.41 Å². The zero-order valence-electron chi connectivity index (χ0n) is 14.5. The molecule has 0 bridgehead atoms. The van der Waals surface area contributed by atoms with Gasteiger partial charge in [0.25, 0.3) is 5.95 Å². The summed E-state index contributed by atoms with van der Waals surface area (Å²) < 4.78 is 20.0. The highest BCUT2D eigenvalue weighted by atomic mass is 32.1. The minimum Gasteiger partial charge on any atom is -0.435 e. The van der Waals surface area contributed by atoms with Crippen LogP contribution in [0.4, 0.5) is 9.93 Å². The van der Waals surface area contributed by atoms with E-state index in [2.05, 4.69) is 14.5 Å². The highest BCUT2D eigenvalue weighted by Crippen LogP contribution is 2.36. The second kappa shape index (κ2) is 7.56. The molecule has 0 amide bonds. The number of Topliss-reactive ketones (excluding diaryl/α,β-unsaturated/α-hetero) is 1. The molecule has 0 aliphatic heterocycles. The smallest absolute Gasteiger partial charge is 0.435 e. The first-order valence-electron chi connectivity index (χ1n) is 7.56. The first kappa shape index (κ1) is 18.8. The normalized spacial score (nSPS) is 11.2. The van der Waals surface area contributed by atoms with Crippen LogP contribution in [-0.2, 0) is 9.47 Å². The van der Waals surface area contributed by atoms with Crippen LogP contribution in [0, 0.1) is 5.41 Å². The third kappa shape index (κ3) is 4.72. The Labute approximate surface area is 148 Å². The van der Waals surface area contributed by atoms with E-state index in [-0.39, 0.29) is 30.3 Å². The lowest BCUT2D eigenvalue weighted by molar-refractivity contribution is -0.000930. The maximum atomic E-state index is 12.6. The monoisotopic (exact) mass is 368 g/mol. The van der Waals surface area contributed by atoms with Gasteiger partial charge in [0.1, 0.15) is 10.6 Å². The van der Waals surface area contributed by atoms with Crippen molar-refractivity contribution in [2.45, 2.75) is 27.7 Å². The molecule has 0 saturated heterocycles. The maximum Gasteiger partial charge on any atom is 0.511 e. The Kier molecular flexibility index (Phi) is 5.68. The summed E-state index contributed by atoms with van der Waals surface area (Å²) in [5.41, 5.74) is 5.55. The van der Waals surface area contributed by atoms with E-state index in [9.17, 15) is 9.59 Å². The van der Waals surface area contributed by atoms with E-state index >= 15 is 0 Å². The Morgan fingerprint density at radius 2 is 2.00 bits per heavy atom. The molecular weight excluding hydrogens is 348 g/mol. The second-order valence-corrected chi connectivity index (χ2v) is 7.05. The van der Waals surface area contributed by atoms with Crippen LogP contribution in [0.5, 0.6) is 5.95 Å². The standard InChI is InChI=1S/C16H20N2O6S/c1-5-21-15(20)23-8-22-10-7-6-9(24-10)11-12(25-14(17)18-11)13(19)16(2,3)4/h6-7H,5,8H2,1-4H3,(H2,17,18). The predicted octanol–water partition coefficient (Wildman–Crippen LogP) is 3.72. The number of carbonyl (C=O) groups excluding carboxylic acids is 2. The molecule has 0 fully saturated rings. The number of hydrogen-bond acceptors (Lipinski definition) is 9. The van der Waals surface area contributed by atoms with Gasteiger partial charge in [0.2, 0.25) is 6.79 Å². The number of furan rings is 1. The fourth-order valence-corrected chi connectivity index (χ4v) is 2.81. The fourth-order valence-electron chi connectivity index (χ4n) is 1.82. The van der Waals surface area contributed by atoms with Gasteiger partial charge in [-0.3, -0.25) is 4.79 Å². The molecule has 2 N–H and O–H groups in total. The van der Waals surface area contributed by atoms with Crippen molar-refractivity contribution in [3.05, 3.63) is 17.0 Å².